The lowest BCUT2D eigenvalue weighted by atomic mass is 9.77. The van der Waals surface area contributed by atoms with Crippen LogP contribution >= 0.6 is 0 Å². The van der Waals surface area contributed by atoms with Gasteiger partial charge in [-0.2, -0.15) is 0 Å². The lowest BCUT2D eigenvalue weighted by Crippen LogP contribution is -2.26. The Balaban J connectivity index is 2.22. The first-order valence-electron chi connectivity index (χ1n) is 6.67. The molecule has 1 aliphatic carbocycles. The summed E-state index contributed by atoms with van der Waals surface area (Å²) in [6.07, 6.45) is 1.95. The fourth-order valence-corrected chi connectivity index (χ4v) is 3.82. The number of esters is 2. The zero-order valence-corrected chi connectivity index (χ0v) is 11.1. The van der Waals surface area contributed by atoms with E-state index >= 15 is 0 Å². The molecule has 1 saturated heterocycles. The summed E-state index contributed by atoms with van der Waals surface area (Å²) in [5.41, 5.74) is 0. The summed E-state index contributed by atoms with van der Waals surface area (Å²) in [4.78, 5) is 23.4. The monoisotopic (exact) mass is 238 g/mol. The normalized spacial score (nSPS) is 36.8. The third-order valence-electron chi connectivity index (χ3n) is 4.27. The van der Waals surface area contributed by atoms with E-state index in [0.717, 1.165) is 12.8 Å². The molecule has 96 valence electrons. The highest BCUT2D eigenvalue weighted by molar-refractivity contribution is 5.97. The van der Waals surface area contributed by atoms with Crippen molar-refractivity contribution in [2.45, 2.75) is 40.5 Å². The molecule has 1 saturated carbocycles. The molecule has 0 N–H and O–H groups in total. The van der Waals surface area contributed by atoms with E-state index in [1.54, 1.807) is 0 Å². The van der Waals surface area contributed by atoms with Gasteiger partial charge in [0.1, 0.15) is 0 Å². The molecule has 2 rings (SSSR count). The second kappa shape index (κ2) is 4.43. The highest BCUT2D eigenvalue weighted by atomic mass is 16.6. The second-order valence-electron chi connectivity index (χ2n) is 6.32. The Hall–Kier alpha value is -0.860. The minimum atomic E-state index is -0.281. The van der Waals surface area contributed by atoms with Gasteiger partial charge < -0.3 is 4.74 Å². The molecule has 4 unspecified atom stereocenters. The van der Waals surface area contributed by atoms with Crippen molar-refractivity contribution in [3.05, 3.63) is 0 Å². The summed E-state index contributed by atoms with van der Waals surface area (Å²) in [5, 5.41) is 0. The topological polar surface area (TPSA) is 43.4 Å². The molecule has 0 radical (unpaired) electrons. The molecule has 2 fully saturated rings. The minimum Gasteiger partial charge on any atom is -0.393 e. The quantitative estimate of drug-likeness (QED) is 0.561. The summed E-state index contributed by atoms with van der Waals surface area (Å²) in [6.45, 7) is 8.70. The van der Waals surface area contributed by atoms with Crippen LogP contribution < -0.4 is 0 Å². The average Bonchev–Trinajstić information content (AvgIpc) is 2.66. The van der Waals surface area contributed by atoms with Gasteiger partial charge in [0.25, 0.3) is 0 Å². The Morgan fingerprint density at radius 1 is 1.18 bits per heavy atom. The molecule has 3 heteroatoms. The van der Waals surface area contributed by atoms with Crippen LogP contribution in [0.4, 0.5) is 0 Å². The zero-order chi connectivity index (χ0) is 12.7. The SMILES string of the molecule is CC(C)CC1CC2C(=O)OC(=O)C2C1C(C)C. The summed E-state index contributed by atoms with van der Waals surface area (Å²) in [7, 11) is 0. The molecule has 17 heavy (non-hydrogen) atoms. The van der Waals surface area contributed by atoms with Gasteiger partial charge in [0, 0.05) is 0 Å². The Morgan fingerprint density at radius 3 is 2.35 bits per heavy atom. The molecule has 2 aliphatic rings. The van der Waals surface area contributed by atoms with Crippen molar-refractivity contribution in [1.29, 1.82) is 0 Å². The molecule has 1 aliphatic heterocycles. The van der Waals surface area contributed by atoms with Gasteiger partial charge >= 0.3 is 11.9 Å². The van der Waals surface area contributed by atoms with Crippen molar-refractivity contribution in [1.82, 2.24) is 0 Å². The van der Waals surface area contributed by atoms with Crippen LogP contribution in [-0.2, 0) is 14.3 Å². The lowest BCUT2D eigenvalue weighted by molar-refractivity contribution is -0.155. The van der Waals surface area contributed by atoms with E-state index in [1.165, 1.54) is 0 Å². The number of carbonyl (C=O) groups is 2. The minimum absolute atomic E-state index is 0.154. The Kier molecular flexibility index (Phi) is 3.28. The maximum absolute atomic E-state index is 11.8. The maximum atomic E-state index is 11.8. The number of fused-ring (bicyclic) bond motifs is 1. The van der Waals surface area contributed by atoms with Crippen LogP contribution in [0.2, 0.25) is 0 Å². The van der Waals surface area contributed by atoms with Crippen molar-refractivity contribution in [2.24, 2.45) is 35.5 Å². The summed E-state index contributed by atoms with van der Waals surface area (Å²) in [5.74, 6) is 1.01. The van der Waals surface area contributed by atoms with Crippen LogP contribution in [0.3, 0.4) is 0 Å². The lowest BCUT2D eigenvalue weighted by Gasteiger charge is -2.27. The predicted octanol–water partition coefficient (Wildman–Crippen LogP) is 2.64. The van der Waals surface area contributed by atoms with E-state index in [9.17, 15) is 9.59 Å². The molecule has 0 amide bonds. The number of rotatable bonds is 3. The molecule has 4 atom stereocenters. The maximum Gasteiger partial charge on any atom is 0.317 e. The van der Waals surface area contributed by atoms with Crippen LogP contribution in [0.5, 0.6) is 0 Å². The van der Waals surface area contributed by atoms with Crippen molar-refractivity contribution in [3.8, 4) is 0 Å². The van der Waals surface area contributed by atoms with E-state index in [4.69, 9.17) is 4.74 Å². The highest BCUT2D eigenvalue weighted by Crippen LogP contribution is 2.51. The van der Waals surface area contributed by atoms with Crippen molar-refractivity contribution < 1.29 is 14.3 Å². The third-order valence-corrected chi connectivity index (χ3v) is 4.27. The number of carbonyl (C=O) groups excluding carboxylic acids is 2. The summed E-state index contributed by atoms with van der Waals surface area (Å²) < 4.78 is 4.78. The fourth-order valence-electron chi connectivity index (χ4n) is 3.82. The van der Waals surface area contributed by atoms with Gasteiger partial charge in [-0.15, -0.1) is 0 Å². The largest absolute Gasteiger partial charge is 0.393 e. The predicted molar refractivity (Wildman–Crippen MR) is 64.0 cm³/mol. The van der Waals surface area contributed by atoms with Crippen LogP contribution in [-0.4, -0.2) is 11.9 Å². The zero-order valence-electron chi connectivity index (χ0n) is 11.1. The number of ether oxygens (including phenoxy) is 1. The van der Waals surface area contributed by atoms with Gasteiger partial charge in [0.15, 0.2) is 0 Å². The van der Waals surface area contributed by atoms with Crippen molar-refractivity contribution in [2.75, 3.05) is 0 Å². The number of cyclic esters (lactones) is 2. The summed E-state index contributed by atoms with van der Waals surface area (Å²) >= 11 is 0. The van der Waals surface area contributed by atoms with Gasteiger partial charge in [-0.25, -0.2) is 0 Å². The average molecular weight is 238 g/mol. The first-order chi connectivity index (χ1) is 7.91. The third kappa shape index (κ3) is 2.12. The highest BCUT2D eigenvalue weighted by Gasteiger charge is 2.56. The van der Waals surface area contributed by atoms with Crippen LogP contribution in [0, 0.1) is 35.5 Å². The van der Waals surface area contributed by atoms with Gasteiger partial charge in [-0.05, 0) is 36.5 Å². The number of hydrogen-bond acceptors (Lipinski definition) is 3. The van der Waals surface area contributed by atoms with Gasteiger partial charge in [0.05, 0.1) is 11.8 Å². The molecule has 0 aromatic heterocycles. The molecule has 1 heterocycles. The van der Waals surface area contributed by atoms with Crippen LogP contribution in [0.25, 0.3) is 0 Å². The molecule has 0 aromatic rings. The van der Waals surface area contributed by atoms with Crippen LogP contribution in [0.1, 0.15) is 40.5 Å². The van der Waals surface area contributed by atoms with Crippen molar-refractivity contribution >= 4 is 11.9 Å². The van der Waals surface area contributed by atoms with Gasteiger partial charge in [-0.3, -0.25) is 9.59 Å². The smallest absolute Gasteiger partial charge is 0.317 e. The van der Waals surface area contributed by atoms with Gasteiger partial charge in [-0.1, -0.05) is 27.7 Å². The number of hydrogen-bond donors (Lipinski definition) is 0. The van der Waals surface area contributed by atoms with E-state index in [0.29, 0.717) is 23.7 Å². The Morgan fingerprint density at radius 2 is 1.82 bits per heavy atom. The molecule has 3 nitrogen and oxygen atoms in total. The Bertz CT molecular complexity index is 332. The van der Waals surface area contributed by atoms with E-state index in [1.807, 2.05) is 0 Å². The molecular formula is C14H22O3. The molecule has 0 bridgehead atoms. The van der Waals surface area contributed by atoms with Gasteiger partial charge in [0.2, 0.25) is 0 Å². The van der Waals surface area contributed by atoms with E-state index < -0.39 is 0 Å². The van der Waals surface area contributed by atoms with Crippen molar-refractivity contribution in [3.63, 3.8) is 0 Å². The molecule has 0 aromatic carbocycles. The molecular weight excluding hydrogens is 216 g/mol. The first-order valence-corrected chi connectivity index (χ1v) is 6.67. The van der Waals surface area contributed by atoms with E-state index in [2.05, 4.69) is 27.7 Å². The standard InChI is InChI=1S/C14H22O3/c1-7(2)5-9-6-10-12(11(9)8(3)4)14(16)17-13(10)15/h7-12H,5-6H2,1-4H3. The second-order valence-corrected chi connectivity index (χ2v) is 6.32. The summed E-state index contributed by atoms with van der Waals surface area (Å²) in [6, 6.07) is 0. The van der Waals surface area contributed by atoms with Crippen LogP contribution in [0.15, 0.2) is 0 Å². The Labute approximate surface area is 103 Å². The van der Waals surface area contributed by atoms with E-state index in [-0.39, 0.29) is 23.8 Å². The fraction of sp³-hybridized carbons (Fsp3) is 0.857. The first kappa shape index (κ1) is 12.6. The molecule has 0 spiro atoms.